The van der Waals surface area contributed by atoms with Crippen molar-refractivity contribution in [3.05, 3.63) is 52.5 Å². The van der Waals surface area contributed by atoms with E-state index in [1.54, 1.807) is 19.2 Å². The summed E-state index contributed by atoms with van der Waals surface area (Å²) < 4.78 is 6.02. The maximum atomic E-state index is 8.80. The Kier molecular flexibility index (Phi) is 3.85. The highest BCUT2D eigenvalue weighted by Gasteiger charge is 2.02. The first-order valence-electron chi connectivity index (χ1n) is 5.33. The SMILES string of the molecule is COc1cccc(Nc2ccc(C#N)cc2Br)c1. The van der Waals surface area contributed by atoms with Crippen molar-refractivity contribution in [2.24, 2.45) is 0 Å². The van der Waals surface area contributed by atoms with Crippen LogP contribution in [0.25, 0.3) is 0 Å². The summed E-state index contributed by atoms with van der Waals surface area (Å²) in [4.78, 5) is 0. The van der Waals surface area contributed by atoms with Crippen molar-refractivity contribution in [3.8, 4) is 11.8 Å². The first-order chi connectivity index (χ1) is 8.72. The second-order valence-corrected chi connectivity index (χ2v) is 4.52. The second-order valence-electron chi connectivity index (χ2n) is 3.66. The lowest BCUT2D eigenvalue weighted by Gasteiger charge is -2.09. The van der Waals surface area contributed by atoms with Gasteiger partial charge in [0.25, 0.3) is 0 Å². The molecule has 90 valence electrons. The van der Waals surface area contributed by atoms with Gasteiger partial charge in [0.15, 0.2) is 0 Å². The summed E-state index contributed by atoms with van der Waals surface area (Å²) in [6.45, 7) is 0. The molecule has 0 saturated carbocycles. The van der Waals surface area contributed by atoms with E-state index in [0.717, 1.165) is 21.6 Å². The molecule has 2 aromatic rings. The van der Waals surface area contributed by atoms with Gasteiger partial charge in [-0.15, -0.1) is 0 Å². The van der Waals surface area contributed by atoms with Crippen molar-refractivity contribution in [1.82, 2.24) is 0 Å². The minimum atomic E-state index is 0.623. The molecule has 0 heterocycles. The lowest BCUT2D eigenvalue weighted by Crippen LogP contribution is -1.92. The van der Waals surface area contributed by atoms with Crippen LogP contribution in [0.4, 0.5) is 11.4 Å². The Morgan fingerprint density at radius 2 is 2.06 bits per heavy atom. The molecule has 0 bridgehead atoms. The van der Waals surface area contributed by atoms with E-state index in [2.05, 4.69) is 27.3 Å². The van der Waals surface area contributed by atoms with Crippen molar-refractivity contribution in [2.75, 3.05) is 12.4 Å². The molecule has 0 fully saturated rings. The molecule has 0 aliphatic heterocycles. The topological polar surface area (TPSA) is 45.0 Å². The highest BCUT2D eigenvalue weighted by molar-refractivity contribution is 9.10. The van der Waals surface area contributed by atoms with E-state index in [-0.39, 0.29) is 0 Å². The lowest BCUT2D eigenvalue weighted by atomic mass is 10.2. The zero-order chi connectivity index (χ0) is 13.0. The van der Waals surface area contributed by atoms with Crippen LogP contribution >= 0.6 is 15.9 Å². The Labute approximate surface area is 114 Å². The maximum Gasteiger partial charge on any atom is 0.120 e. The first kappa shape index (κ1) is 12.5. The highest BCUT2D eigenvalue weighted by atomic mass is 79.9. The fourth-order valence-corrected chi connectivity index (χ4v) is 2.02. The quantitative estimate of drug-likeness (QED) is 0.929. The standard InChI is InChI=1S/C14H11BrN2O/c1-18-12-4-2-3-11(8-12)17-14-6-5-10(9-16)7-13(14)15/h2-8,17H,1H3. The van der Waals surface area contributed by atoms with Gasteiger partial charge in [-0.05, 0) is 46.3 Å². The highest BCUT2D eigenvalue weighted by Crippen LogP contribution is 2.28. The third-order valence-corrected chi connectivity index (χ3v) is 3.10. The fraction of sp³-hybridized carbons (Fsp3) is 0.0714. The van der Waals surface area contributed by atoms with Gasteiger partial charge in [0, 0.05) is 16.2 Å². The van der Waals surface area contributed by atoms with Crippen LogP contribution in [0.1, 0.15) is 5.56 Å². The Balaban J connectivity index is 2.26. The summed E-state index contributed by atoms with van der Waals surface area (Å²) >= 11 is 3.44. The predicted molar refractivity (Wildman–Crippen MR) is 75.1 cm³/mol. The number of methoxy groups -OCH3 is 1. The molecule has 4 heteroatoms. The average molecular weight is 303 g/mol. The summed E-state index contributed by atoms with van der Waals surface area (Å²) in [5, 5.41) is 12.1. The minimum absolute atomic E-state index is 0.623. The molecule has 0 aromatic heterocycles. The van der Waals surface area contributed by atoms with Crippen LogP contribution in [0.3, 0.4) is 0 Å². The number of nitriles is 1. The molecule has 18 heavy (non-hydrogen) atoms. The fourth-order valence-electron chi connectivity index (χ4n) is 1.54. The number of ether oxygens (including phenoxy) is 1. The van der Waals surface area contributed by atoms with E-state index in [9.17, 15) is 0 Å². The first-order valence-corrected chi connectivity index (χ1v) is 6.13. The molecule has 2 aromatic carbocycles. The number of benzene rings is 2. The Morgan fingerprint density at radius 1 is 1.22 bits per heavy atom. The van der Waals surface area contributed by atoms with Gasteiger partial charge in [0.2, 0.25) is 0 Å². The van der Waals surface area contributed by atoms with Crippen LogP contribution in [0.2, 0.25) is 0 Å². The Morgan fingerprint density at radius 3 is 2.72 bits per heavy atom. The summed E-state index contributed by atoms with van der Waals surface area (Å²) in [6, 6.07) is 15.2. The molecule has 0 unspecified atom stereocenters. The van der Waals surface area contributed by atoms with E-state index in [1.165, 1.54) is 0 Å². The predicted octanol–water partition coefficient (Wildman–Crippen LogP) is 4.07. The molecule has 0 amide bonds. The number of hydrogen-bond acceptors (Lipinski definition) is 3. The molecular formula is C14H11BrN2O. The monoisotopic (exact) mass is 302 g/mol. The maximum absolute atomic E-state index is 8.80. The summed E-state index contributed by atoms with van der Waals surface area (Å²) in [5.41, 5.74) is 2.46. The number of nitrogens with one attached hydrogen (secondary N) is 1. The van der Waals surface area contributed by atoms with E-state index in [0.29, 0.717) is 5.56 Å². The lowest BCUT2D eigenvalue weighted by molar-refractivity contribution is 0.415. The Hall–Kier alpha value is -1.99. The van der Waals surface area contributed by atoms with Crippen LogP contribution in [0.15, 0.2) is 46.9 Å². The molecule has 0 aliphatic rings. The van der Waals surface area contributed by atoms with Gasteiger partial charge >= 0.3 is 0 Å². The van der Waals surface area contributed by atoms with Gasteiger partial charge in [-0.25, -0.2) is 0 Å². The molecule has 2 rings (SSSR count). The summed E-state index contributed by atoms with van der Waals surface area (Å²) in [7, 11) is 1.64. The minimum Gasteiger partial charge on any atom is -0.497 e. The number of nitrogens with zero attached hydrogens (tertiary/aromatic N) is 1. The van der Waals surface area contributed by atoms with Crippen molar-refractivity contribution < 1.29 is 4.74 Å². The van der Waals surface area contributed by atoms with E-state index in [4.69, 9.17) is 10.00 Å². The van der Waals surface area contributed by atoms with Crippen LogP contribution in [0.5, 0.6) is 5.75 Å². The van der Waals surface area contributed by atoms with Gasteiger partial charge in [0.05, 0.1) is 24.4 Å². The molecule has 0 spiro atoms. The molecule has 0 aliphatic carbocycles. The smallest absolute Gasteiger partial charge is 0.120 e. The van der Waals surface area contributed by atoms with Gasteiger partial charge in [-0.3, -0.25) is 0 Å². The van der Waals surface area contributed by atoms with Crippen LogP contribution in [-0.2, 0) is 0 Å². The van der Waals surface area contributed by atoms with Crippen molar-refractivity contribution in [2.45, 2.75) is 0 Å². The van der Waals surface area contributed by atoms with Crippen LogP contribution < -0.4 is 10.1 Å². The van der Waals surface area contributed by atoms with E-state index < -0.39 is 0 Å². The largest absolute Gasteiger partial charge is 0.497 e. The molecular weight excluding hydrogens is 292 g/mol. The normalized spacial score (nSPS) is 9.61. The molecule has 0 radical (unpaired) electrons. The van der Waals surface area contributed by atoms with Crippen molar-refractivity contribution in [3.63, 3.8) is 0 Å². The number of hydrogen-bond donors (Lipinski definition) is 1. The molecule has 0 saturated heterocycles. The van der Waals surface area contributed by atoms with Gasteiger partial charge in [0.1, 0.15) is 5.75 Å². The molecule has 3 nitrogen and oxygen atoms in total. The number of rotatable bonds is 3. The third kappa shape index (κ3) is 2.82. The zero-order valence-electron chi connectivity index (χ0n) is 9.77. The van der Waals surface area contributed by atoms with Gasteiger partial charge in [-0.1, -0.05) is 6.07 Å². The van der Waals surface area contributed by atoms with Gasteiger partial charge < -0.3 is 10.1 Å². The number of anilines is 2. The average Bonchev–Trinajstić information content (AvgIpc) is 2.41. The van der Waals surface area contributed by atoms with E-state index in [1.807, 2.05) is 30.3 Å². The van der Waals surface area contributed by atoms with Crippen LogP contribution in [-0.4, -0.2) is 7.11 Å². The van der Waals surface area contributed by atoms with Crippen molar-refractivity contribution in [1.29, 1.82) is 5.26 Å². The third-order valence-electron chi connectivity index (χ3n) is 2.45. The summed E-state index contributed by atoms with van der Waals surface area (Å²) in [5.74, 6) is 0.796. The molecule has 1 N–H and O–H groups in total. The Bertz CT molecular complexity index is 605. The summed E-state index contributed by atoms with van der Waals surface area (Å²) in [6.07, 6.45) is 0. The number of halogens is 1. The zero-order valence-corrected chi connectivity index (χ0v) is 11.4. The van der Waals surface area contributed by atoms with E-state index >= 15 is 0 Å². The second kappa shape index (κ2) is 5.56. The molecule has 0 atom stereocenters. The van der Waals surface area contributed by atoms with Crippen molar-refractivity contribution >= 4 is 27.3 Å². The van der Waals surface area contributed by atoms with Gasteiger partial charge in [-0.2, -0.15) is 5.26 Å². The van der Waals surface area contributed by atoms with Crippen LogP contribution in [0, 0.1) is 11.3 Å².